The molecule has 0 radical (unpaired) electrons. The summed E-state index contributed by atoms with van der Waals surface area (Å²) in [4.78, 5) is 0. The number of hydrogen-bond donors (Lipinski definition) is 3. The lowest BCUT2D eigenvalue weighted by molar-refractivity contribution is -0.137. The Morgan fingerprint density at radius 1 is 1.22 bits per heavy atom. The Morgan fingerprint density at radius 3 is 2.28 bits per heavy atom. The molecule has 2 rings (SSSR count). The Bertz CT molecular complexity index is 452. The second-order valence-electron chi connectivity index (χ2n) is 3.99. The predicted octanol–water partition coefficient (Wildman–Crippen LogP) is 1.85. The maximum Gasteiger partial charge on any atom is 0.416 e. The number of rotatable bonds is 2. The fourth-order valence-corrected chi connectivity index (χ4v) is 1.73. The second kappa shape index (κ2) is 4.41. The molecule has 0 amide bonds. The van der Waals surface area contributed by atoms with E-state index in [1.54, 1.807) is 11.2 Å². The molecule has 98 valence electrons. The molecule has 4 nitrogen and oxygen atoms in total. The van der Waals surface area contributed by atoms with E-state index in [1.165, 1.54) is 12.1 Å². The van der Waals surface area contributed by atoms with Gasteiger partial charge >= 0.3 is 6.18 Å². The third-order valence-electron chi connectivity index (χ3n) is 2.79. The summed E-state index contributed by atoms with van der Waals surface area (Å²) in [5.41, 5.74) is 11.3. The van der Waals surface area contributed by atoms with Crippen LogP contribution in [0.5, 0.6) is 0 Å². The molecular weight excluding hydrogens is 245 g/mol. The highest BCUT2D eigenvalue weighted by Gasteiger charge is 2.30. The Morgan fingerprint density at radius 2 is 1.83 bits per heavy atom. The third-order valence-corrected chi connectivity index (χ3v) is 2.79. The number of nitrogens with zero attached hydrogens (tertiary/aromatic N) is 1. The summed E-state index contributed by atoms with van der Waals surface area (Å²) in [7, 11) is 0. The van der Waals surface area contributed by atoms with Gasteiger partial charge in [0.1, 0.15) is 5.82 Å². The minimum Gasteiger partial charge on any atom is -0.383 e. The summed E-state index contributed by atoms with van der Waals surface area (Å²) in [6.07, 6.45) is -2.74. The summed E-state index contributed by atoms with van der Waals surface area (Å²) in [6.45, 7) is 1.84. The first-order valence-corrected chi connectivity index (χ1v) is 5.33. The van der Waals surface area contributed by atoms with Crippen LogP contribution in [0.4, 0.5) is 13.2 Å². The number of halogens is 3. The van der Waals surface area contributed by atoms with Crippen molar-refractivity contribution >= 4 is 0 Å². The topological polar surface area (TPSA) is 53.3 Å². The lowest BCUT2D eigenvalue weighted by atomic mass is 10.1. The van der Waals surface area contributed by atoms with E-state index in [2.05, 4.69) is 11.0 Å². The van der Waals surface area contributed by atoms with Gasteiger partial charge in [-0.15, -0.1) is 5.53 Å². The van der Waals surface area contributed by atoms with E-state index in [0.29, 0.717) is 5.82 Å². The normalized spacial score (nSPS) is 17.3. The van der Waals surface area contributed by atoms with E-state index in [4.69, 9.17) is 5.73 Å². The van der Waals surface area contributed by atoms with Crippen LogP contribution in [0.25, 0.3) is 0 Å². The molecule has 0 spiro atoms. The lowest BCUT2D eigenvalue weighted by Gasteiger charge is -2.26. The van der Waals surface area contributed by atoms with E-state index in [-0.39, 0.29) is 6.04 Å². The summed E-state index contributed by atoms with van der Waals surface area (Å²) in [5.74, 6) is 0.474. The van der Waals surface area contributed by atoms with E-state index < -0.39 is 11.7 Å². The van der Waals surface area contributed by atoms with Crippen molar-refractivity contribution in [2.45, 2.75) is 19.1 Å². The van der Waals surface area contributed by atoms with Crippen LogP contribution in [0.2, 0.25) is 0 Å². The monoisotopic (exact) mass is 258 g/mol. The van der Waals surface area contributed by atoms with Gasteiger partial charge < -0.3 is 11.2 Å². The first-order chi connectivity index (χ1) is 8.39. The molecule has 1 aliphatic heterocycles. The van der Waals surface area contributed by atoms with Gasteiger partial charge in [0.25, 0.3) is 0 Å². The molecule has 1 heterocycles. The first-order valence-electron chi connectivity index (χ1n) is 5.33. The van der Waals surface area contributed by atoms with Gasteiger partial charge in [-0.05, 0) is 24.6 Å². The Kier molecular flexibility index (Phi) is 3.08. The maximum absolute atomic E-state index is 12.4. The quantitative estimate of drug-likeness (QED) is 0.757. The van der Waals surface area contributed by atoms with Crippen LogP contribution in [-0.2, 0) is 6.18 Å². The largest absolute Gasteiger partial charge is 0.416 e. The van der Waals surface area contributed by atoms with Gasteiger partial charge in [0.15, 0.2) is 0 Å². The van der Waals surface area contributed by atoms with E-state index in [9.17, 15) is 13.2 Å². The fraction of sp³-hybridized carbons (Fsp3) is 0.273. The van der Waals surface area contributed by atoms with Gasteiger partial charge in [-0.2, -0.15) is 13.2 Å². The molecule has 1 unspecified atom stereocenters. The Balaban J connectivity index is 2.17. The Hall–Kier alpha value is -1.89. The fourth-order valence-electron chi connectivity index (χ4n) is 1.73. The molecule has 4 N–H and O–H groups in total. The standard InChI is InChI=1S/C11H13F3N4/c1-7(18-10(15)6-16-17-18)8-2-4-9(5-3-8)11(12,13)14/h2-7,16-17H,15H2,1H3. The van der Waals surface area contributed by atoms with E-state index >= 15 is 0 Å². The van der Waals surface area contributed by atoms with Crippen molar-refractivity contribution in [2.24, 2.45) is 5.73 Å². The molecule has 0 aliphatic carbocycles. The van der Waals surface area contributed by atoms with E-state index in [1.807, 2.05) is 6.92 Å². The van der Waals surface area contributed by atoms with Gasteiger partial charge in [-0.1, -0.05) is 12.1 Å². The molecule has 0 aromatic heterocycles. The molecule has 1 aromatic carbocycles. The van der Waals surface area contributed by atoms with Crippen molar-refractivity contribution in [2.75, 3.05) is 0 Å². The molecule has 0 bridgehead atoms. The van der Waals surface area contributed by atoms with Crippen molar-refractivity contribution in [3.63, 3.8) is 0 Å². The van der Waals surface area contributed by atoms with Crippen LogP contribution < -0.4 is 16.7 Å². The molecule has 7 heteroatoms. The molecular formula is C11H13F3N4. The average molecular weight is 258 g/mol. The van der Waals surface area contributed by atoms with Crippen LogP contribution in [-0.4, -0.2) is 5.01 Å². The minimum absolute atomic E-state index is 0.182. The third kappa shape index (κ3) is 2.35. The lowest BCUT2D eigenvalue weighted by Crippen LogP contribution is -2.40. The van der Waals surface area contributed by atoms with Crippen LogP contribution >= 0.6 is 0 Å². The summed E-state index contributed by atoms with van der Waals surface area (Å²) in [5, 5.41) is 1.63. The van der Waals surface area contributed by atoms with Crippen molar-refractivity contribution < 1.29 is 13.2 Å². The number of hydrogen-bond acceptors (Lipinski definition) is 4. The van der Waals surface area contributed by atoms with Gasteiger partial charge in [-0.25, -0.2) is 0 Å². The SMILES string of the molecule is CC(c1ccc(C(F)(F)F)cc1)N1NNC=C1N. The minimum atomic E-state index is -4.31. The maximum atomic E-state index is 12.4. The number of nitrogens with two attached hydrogens (primary N) is 1. The number of alkyl halides is 3. The van der Waals surface area contributed by atoms with Gasteiger partial charge in [-0.3, -0.25) is 5.01 Å². The second-order valence-corrected chi connectivity index (χ2v) is 3.99. The smallest absolute Gasteiger partial charge is 0.383 e. The van der Waals surface area contributed by atoms with Crippen LogP contribution in [0, 0.1) is 0 Å². The van der Waals surface area contributed by atoms with Crippen molar-refractivity contribution in [3.8, 4) is 0 Å². The van der Waals surface area contributed by atoms with Gasteiger partial charge in [0.05, 0.1) is 17.8 Å². The number of nitrogens with one attached hydrogen (secondary N) is 2. The van der Waals surface area contributed by atoms with Crippen molar-refractivity contribution in [3.05, 3.63) is 47.4 Å². The van der Waals surface area contributed by atoms with Crippen LogP contribution in [0.3, 0.4) is 0 Å². The molecule has 0 fully saturated rings. The average Bonchev–Trinajstić information content (AvgIpc) is 2.73. The van der Waals surface area contributed by atoms with Crippen LogP contribution in [0.1, 0.15) is 24.1 Å². The van der Waals surface area contributed by atoms with Crippen molar-refractivity contribution in [1.29, 1.82) is 0 Å². The molecule has 0 saturated carbocycles. The molecule has 18 heavy (non-hydrogen) atoms. The highest BCUT2D eigenvalue weighted by molar-refractivity contribution is 5.27. The molecule has 1 aromatic rings. The summed E-state index contributed by atoms with van der Waals surface area (Å²) < 4.78 is 37.3. The molecule has 1 aliphatic rings. The number of hydrazine groups is 2. The first kappa shape index (κ1) is 12.6. The molecule has 1 atom stereocenters. The van der Waals surface area contributed by atoms with Gasteiger partial charge in [0.2, 0.25) is 0 Å². The number of benzene rings is 1. The molecule has 0 saturated heterocycles. The predicted molar refractivity (Wildman–Crippen MR) is 60.2 cm³/mol. The van der Waals surface area contributed by atoms with Crippen LogP contribution in [0.15, 0.2) is 36.3 Å². The highest BCUT2D eigenvalue weighted by atomic mass is 19.4. The highest BCUT2D eigenvalue weighted by Crippen LogP contribution is 2.30. The zero-order valence-electron chi connectivity index (χ0n) is 9.62. The van der Waals surface area contributed by atoms with Crippen molar-refractivity contribution in [1.82, 2.24) is 16.0 Å². The van der Waals surface area contributed by atoms with Gasteiger partial charge in [0, 0.05) is 0 Å². The summed E-state index contributed by atoms with van der Waals surface area (Å²) in [6, 6.07) is 4.84. The Labute approximate surface area is 102 Å². The van der Waals surface area contributed by atoms with E-state index in [0.717, 1.165) is 17.7 Å². The zero-order valence-corrected chi connectivity index (χ0v) is 9.62. The summed E-state index contributed by atoms with van der Waals surface area (Å²) >= 11 is 0. The zero-order chi connectivity index (χ0) is 13.3.